The van der Waals surface area contributed by atoms with E-state index in [1.165, 1.54) is 3.57 Å². The summed E-state index contributed by atoms with van der Waals surface area (Å²) < 4.78 is 1.20. The van der Waals surface area contributed by atoms with Crippen LogP contribution in [0.4, 0.5) is 5.82 Å². The Bertz CT molecular complexity index is 334. The largest absolute Gasteiger partial charge is 0.356 e. The minimum absolute atomic E-state index is 0.430. The summed E-state index contributed by atoms with van der Waals surface area (Å²) in [7, 11) is 0. The third kappa shape index (κ3) is 2.44. The van der Waals surface area contributed by atoms with Gasteiger partial charge in [0.2, 0.25) is 0 Å². The Hall–Kier alpha value is -0.320. The van der Waals surface area contributed by atoms with Crippen molar-refractivity contribution in [1.82, 2.24) is 4.98 Å². The van der Waals surface area contributed by atoms with E-state index in [1.54, 1.807) is 0 Å². The van der Waals surface area contributed by atoms with Gasteiger partial charge in [-0.3, -0.25) is 0 Å². The Labute approximate surface area is 105 Å². The molecule has 0 N–H and O–H groups in total. The van der Waals surface area contributed by atoms with Crippen LogP contribution < -0.4 is 4.90 Å². The number of halogens is 1. The fourth-order valence-corrected chi connectivity index (χ4v) is 2.09. The molecule has 1 fully saturated rings. The number of aromatic nitrogens is 1. The lowest BCUT2D eigenvalue weighted by atomic mass is 9.76. The molecule has 0 spiro atoms. The van der Waals surface area contributed by atoms with Crippen molar-refractivity contribution in [3.8, 4) is 0 Å². The van der Waals surface area contributed by atoms with Gasteiger partial charge in [0.1, 0.15) is 5.82 Å². The topological polar surface area (TPSA) is 16.1 Å². The molecular formula is C12H17IN2. The number of rotatable bonds is 1. The Kier molecular flexibility index (Phi) is 2.92. The van der Waals surface area contributed by atoms with E-state index in [2.05, 4.69) is 65.4 Å². The summed E-state index contributed by atoms with van der Waals surface area (Å²) >= 11 is 2.29. The maximum Gasteiger partial charge on any atom is 0.128 e. The van der Waals surface area contributed by atoms with Crippen molar-refractivity contribution >= 4 is 28.4 Å². The normalized spacial score (nSPS) is 17.7. The second-order valence-corrected chi connectivity index (χ2v) is 6.55. The van der Waals surface area contributed by atoms with Crippen molar-refractivity contribution in [3.05, 3.63) is 21.9 Å². The van der Waals surface area contributed by atoms with Crippen LogP contribution in [0.3, 0.4) is 0 Å². The van der Waals surface area contributed by atoms with Crippen LogP contribution in [0, 0.1) is 14.9 Å². The van der Waals surface area contributed by atoms with Crippen molar-refractivity contribution in [1.29, 1.82) is 0 Å². The zero-order valence-electron chi connectivity index (χ0n) is 9.50. The molecule has 2 nitrogen and oxygen atoms in total. The van der Waals surface area contributed by atoms with E-state index in [9.17, 15) is 0 Å². The van der Waals surface area contributed by atoms with Crippen molar-refractivity contribution in [3.63, 3.8) is 0 Å². The molecule has 1 saturated heterocycles. The molecule has 1 aromatic rings. The van der Waals surface area contributed by atoms with Crippen LogP contribution in [-0.4, -0.2) is 18.1 Å². The maximum absolute atomic E-state index is 4.44. The molecule has 15 heavy (non-hydrogen) atoms. The van der Waals surface area contributed by atoms with Crippen LogP contribution in [-0.2, 0) is 0 Å². The Morgan fingerprint density at radius 2 is 2.00 bits per heavy atom. The van der Waals surface area contributed by atoms with E-state index >= 15 is 0 Å². The van der Waals surface area contributed by atoms with Gasteiger partial charge in [0.25, 0.3) is 0 Å². The third-order valence-electron chi connectivity index (χ3n) is 3.14. The van der Waals surface area contributed by atoms with Crippen LogP contribution in [0.2, 0.25) is 0 Å². The van der Waals surface area contributed by atoms with Crippen LogP contribution in [0.5, 0.6) is 0 Å². The summed E-state index contributed by atoms with van der Waals surface area (Å²) in [4.78, 5) is 6.79. The van der Waals surface area contributed by atoms with E-state index in [0.717, 1.165) is 24.8 Å². The van der Waals surface area contributed by atoms with Gasteiger partial charge in [0.05, 0.1) is 0 Å². The summed E-state index contributed by atoms with van der Waals surface area (Å²) in [5.74, 6) is 1.93. The van der Waals surface area contributed by atoms with E-state index in [4.69, 9.17) is 0 Å². The molecule has 0 aliphatic carbocycles. The van der Waals surface area contributed by atoms with Gasteiger partial charge >= 0.3 is 0 Å². The smallest absolute Gasteiger partial charge is 0.128 e. The molecule has 0 unspecified atom stereocenters. The minimum Gasteiger partial charge on any atom is -0.356 e. The van der Waals surface area contributed by atoms with Gasteiger partial charge in [-0.15, -0.1) is 0 Å². The third-order valence-corrected chi connectivity index (χ3v) is 3.78. The molecule has 1 aliphatic rings. The molecule has 2 heterocycles. The van der Waals surface area contributed by atoms with E-state index in [0.29, 0.717) is 5.41 Å². The quantitative estimate of drug-likeness (QED) is 0.740. The van der Waals surface area contributed by atoms with E-state index < -0.39 is 0 Å². The molecule has 0 bridgehead atoms. The molecule has 82 valence electrons. The highest BCUT2D eigenvalue weighted by molar-refractivity contribution is 14.1. The summed E-state index contributed by atoms with van der Waals surface area (Å²) in [5, 5.41) is 0. The van der Waals surface area contributed by atoms with Crippen molar-refractivity contribution in [2.45, 2.75) is 20.8 Å². The predicted molar refractivity (Wildman–Crippen MR) is 72.1 cm³/mol. The first-order chi connectivity index (χ1) is 6.97. The van der Waals surface area contributed by atoms with E-state index in [1.807, 2.05) is 6.20 Å². The monoisotopic (exact) mass is 316 g/mol. The molecule has 2 rings (SSSR count). The van der Waals surface area contributed by atoms with Gasteiger partial charge in [-0.05, 0) is 46.1 Å². The van der Waals surface area contributed by atoms with Gasteiger partial charge in [0.15, 0.2) is 0 Å². The fourth-order valence-electron chi connectivity index (χ4n) is 1.77. The van der Waals surface area contributed by atoms with Crippen molar-refractivity contribution < 1.29 is 0 Å². The highest BCUT2D eigenvalue weighted by atomic mass is 127. The predicted octanol–water partition coefficient (Wildman–Crippen LogP) is 3.17. The molecule has 0 aromatic carbocycles. The lowest BCUT2D eigenvalue weighted by molar-refractivity contribution is 0.194. The first kappa shape index (κ1) is 11.2. The molecule has 0 atom stereocenters. The highest BCUT2D eigenvalue weighted by Gasteiger charge is 2.36. The average Bonchev–Trinajstić information content (AvgIpc) is 2.03. The molecule has 1 aromatic heterocycles. The molecule has 0 amide bonds. The number of hydrogen-bond donors (Lipinski definition) is 0. The van der Waals surface area contributed by atoms with Gasteiger partial charge in [0, 0.05) is 22.9 Å². The Balaban J connectivity index is 1.98. The lowest BCUT2D eigenvalue weighted by Gasteiger charge is -2.47. The van der Waals surface area contributed by atoms with Gasteiger partial charge in [-0.1, -0.05) is 20.8 Å². The van der Waals surface area contributed by atoms with Gasteiger partial charge in [-0.2, -0.15) is 0 Å². The van der Waals surface area contributed by atoms with Crippen LogP contribution in [0.25, 0.3) is 0 Å². The summed E-state index contributed by atoms with van der Waals surface area (Å²) in [6.45, 7) is 9.25. The number of hydrogen-bond acceptors (Lipinski definition) is 2. The maximum atomic E-state index is 4.44. The van der Waals surface area contributed by atoms with E-state index in [-0.39, 0.29) is 0 Å². The first-order valence-corrected chi connectivity index (χ1v) is 6.41. The molecule has 3 heteroatoms. The van der Waals surface area contributed by atoms with Gasteiger partial charge < -0.3 is 4.90 Å². The van der Waals surface area contributed by atoms with Crippen LogP contribution >= 0.6 is 22.6 Å². The standard InChI is InChI=1S/C12H17IN2/c1-12(2,3)9-7-15(8-9)11-5-4-10(13)6-14-11/h4-6,9H,7-8H2,1-3H3. The zero-order valence-corrected chi connectivity index (χ0v) is 11.7. The number of pyridine rings is 1. The zero-order chi connectivity index (χ0) is 11.1. The second-order valence-electron chi connectivity index (χ2n) is 5.30. The number of nitrogens with zero attached hydrogens (tertiary/aromatic N) is 2. The highest BCUT2D eigenvalue weighted by Crippen LogP contribution is 2.35. The molecule has 1 aliphatic heterocycles. The van der Waals surface area contributed by atoms with Crippen molar-refractivity contribution in [2.24, 2.45) is 11.3 Å². The second kappa shape index (κ2) is 3.92. The first-order valence-electron chi connectivity index (χ1n) is 5.33. The number of anilines is 1. The molecule has 0 radical (unpaired) electrons. The van der Waals surface area contributed by atoms with Crippen LogP contribution in [0.1, 0.15) is 20.8 Å². The van der Waals surface area contributed by atoms with Crippen LogP contribution in [0.15, 0.2) is 18.3 Å². The summed E-state index contributed by atoms with van der Waals surface area (Å²) in [6.07, 6.45) is 1.93. The average molecular weight is 316 g/mol. The fraction of sp³-hybridized carbons (Fsp3) is 0.583. The SMILES string of the molecule is CC(C)(C)C1CN(c2ccc(I)cn2)C1. The van der Waals surface area contributed by atoms with Gasteiger partial charge in [-0.25, -0.2) is 4.98 Å². The molecule has 0 saturated carbocycles. The Morgan fingerprint density at radius 3 is 2.47 bits per heavy atom. The minimum atomic E-state index is 0.430. The molecular weight excluding hydrogens is 299 g/mol. The summed E-state index contributed by atoms with van der Waals surface area (Å²) in [6, 6.07) is 4.23. The van der Waals surface area contributed by atoms with Crippen molar-refractivity contribution in [2.75, 3.05) is 18.0 Å². The lowest BCUT2D eigenvalue weighted by Crippen LogP contribution is -2.52. The summed E-state index contributed by atoms with van der Waals surface area (Å²) in [5.41, 5.74) is 0.430. The Morgan fingerprint density at radius 1 is 1.33 bits per heavy atom.